The van der Waals surface area contributed by atoms with Gasteiger partial charge in [-0.3, -0.25) is 4.79 Å². The summed E-state index contributed by atoms with van der Waals surface area (Å²) >= 11 is 0. The van der Waals surface area contributed by atoms with Crippen molar-refractivity contribution >= 4 is 27.6 Å². The van der Waals surface area contributed by atoms with Crippen molar-refractivity contribution in [2.75, 3.05) is 36.0 Å². The van der Waals surface area contributed by atoms with Crippen LogP contribution in [0.3, 0.4) is 0 Å². The van der Waals surface area contributed by atoms with Gasteiger partial charge in [0, 0.05) is 31.4 Å². The number of aromatic nitrogens is 2. The number of ether oxygens (including phenoxy) is 1. The molecule has 0 aromatic carbocycles. The molecule has 0 spiro atoms. The van der Waals surface area contributed by atoms with Crippen molar-refractivity contribution in [2.45, 2.75) is 50.8 Å². The molecule has 4 heterocycles. The molecule has 4 rings (SSSR count). The lowest BCUT2D eigenvalue weighted by molar-refractivity contribution is 0.0529. The van der Waals surface area contributed by atoms with Gasteiger partial charge in [0.1, 0.15) is 11.6 Å². The fourth-order valence-corrected chi connectivity index (χ4v) is 5.31. The maximum Gasteiger partial charge on any atom is 0.281 e. The summed E-state index contributed by atoms with van der Waals surface area (Å²) in [6.07, 6.45) is 2.62. The molecule has 2 saturated heterocycles. The van der Waals surface area contributed by atoms with E-state index in [2.05, 4.69) is 40.4 Å². The standard InChI is InChI=1S/C23H31N5O4S/c1-16-10-12-28(23(16,3)4)21-18(7-6-11-24-21)22(29)26-33(30,31)20-9-5-8-19(25-20)27-13-14-32-17(2)15-27/h5-9,11,16-17H,10,12-15H2,1-4H3,(H,26,29). The summed E-state index contributed by atoms with van der Waals surface area (Å²) in [5, 5.41) is -0.201. The molecule has 2 aromatic rings. The second kappa shape index (κ2) is 8.90. The van der Waals surface area contributed by atoms with Crippen LogP contribution in [-0.2, 0) is 14.8 Å². The van der Waals surface area contributed by atoms with Crippen molar-refractivity contribution in [1.82, 2.24) is 14.7 Å². The number of morpholine rings is 1. The molecule has 10 heteroatoms. The number of nitrogens with zero attached hydrogens (tertiary/aromatic N) is 4. The number of rotatable bonds is 5. The summed E-state index contributed by atoms with van der Waals surface area (Å²) in [4.78, 5) is 25.9. The lowest BCUT2D eigenvalue weighted by Crippen LogP contribution is -2.43. The lowest BCUT2D eigenvalue weighted by Gasteiger charge is -2.36. The predicted octanol–water partition coefficient (Wildman–Crippen LogP) is 2.45. The second-order valence-electron chi connectivity index (χ2n) is 9.27. The van der Waals surface area contributed by atoms with Crippen molar-refractivity contribution in [2.24, 2.45) is 5.92 Å². The molecule has 178 valence electrons. The number of anilines is 2. The third-order valence-corrected chi connectivity index (χ3v) is 7.98. The molecular formula is C23H31N5O4S. The lowest BCUT2D eigenvalue weighted by atomic mass is 9.90. The summed E-state index contributed by atoms with van der Waals surface area (Å²) in [7, 11) is -4.18. The number of hydrogen-bond donors (Lipinski definition) is 1. The monoisotopic (exact) mass is 473 g/mol. The summed E-state index contributed by atoms with van der Waals surface area (Å²) in [6, 6.07) is 8.01. The highest BCUT2D eigenvalue weighted by Gasteiger charge is 2.40. The Bertz CT molecular complexity index is 1140. The van der Waals surface area contributed by atoms with Crippen molar-refractivity contribution < 1.29 is 17.9 Å². The topological polar surface area (TPSA) is 105 Å². The van der Waals surface area contributed by atoms with Gasteiger partial charge in [-0.2, -0.15) is 8.42 Å². The van der Waals surface area contributed by atoms with Gasteiger partial charge >= 0.3 is 0 Å². The van der Waals surface area contributed by atoms with Gasteiger partial charge < -0.3 is 14.5 Å². The molecule has 2 unspecified atom stereocenters. The zero-order chi connectivity index (χ0) is 23.8. The third kappa shape index (κ3) is 4.67. The van der Waals surface area contributed by atoms with Crippen LogP contribution in [0.2, 0.25) is 0 Å². The molecule has 0 bridgehead atoms. The third-order valence-electron chi connectivity index (χ3n) is 6.75. The number of sulfonamides is 1. The highest BCUT2D eigenvalue weighted by molar-refractivity contribution is 7.90. The van der Waals surface area contributed by atoms with E-state index < -0.39 is 15.9 Å². The molecule has 9 nitrogen and oxygen atoms in total. The number of amides is 1. The smallest absolute Gasteiger partial charge is 0.281 e. The normalized spacial score (nSPS) is 22.9. The van der Waals surface area contributed by atoms with Gasteiger partial charge in [0.25, 0.3) is 15.9 Å². The Labute approximate surface area is 195 Å². The van der Waals surface area contributed by atoms with Crippen LogP contribution in [0.15, 0.2) is 41.6 Å². The fourth-order valence-electron chi connectivity index (χ4n) is 4.38. The first-order valence-corrected chi connectivity index (χ1v) is 12.7. The van der Waals surface area contributed by atoms with Gasteiger partial charge in [0.05, 0.1) is 18.3 Å². The molecule has 1 N–H and O–H groups in total. The highest BCUT2D eigenvalue weighted by atomic mass is 32.2. The Morgan fingerprint density at radius 1 is 1.18 bits per heavy atom. The van der Waals surface area contributed by atoms with Gasteiger partial charge in [0.2, 0.25) is 0 Å². The van der Waals surface area contributed by atoms with Crippen molar-refractivity contribution in [3.8, 4) is 0 Å². The molecule has 0 radical (unpaired) electrons. The fraction of sp³-hybridized carbons (Fsp3) is 0.522. The van der Waals surface area contributed by atoms with Crippen LogP contribution in [-0.4, -0.2) is 62.2 Å². The van der Waals surface area contributed by atoms with Crippen molar-refractivity contribution in [3.05, 3.63) is 42.1 Å². The molecule has 2 fully saturated rings. The summed E-state index contributed by atoms with van der Waals surface area (Å²) in [5.41, 5.74) is 0.0226. The predicted molar refractivity (Wildman–Crippen MR) is 126 cm³/mol. The number of carbonyl (C=O) groups excluding carboxylic acids is 1. The highest BCUT2D eigenvalue weighted by Crippen LogP contribution is 2.38. The Morgan fingerprint density at radius 2 is 1.97 bits per heavy atom. The van der Waals surface area contributed by atoms with Gasteiger partial charge in [-0.25, -0.2) is 14.7 Å². The van der Waals surface area contributed by atoms with E-state index in [0.717, 1.165) is 13.0 Å². The average Bonchev–Trinajstić information content (AvgIpc) is 3.05. The van der Waals surface area contributed by atoms with E-state index in [1.165, 1.54) is 6.07 Å². The molecular weight excluding hydrogens is 442 g/mol. The van der Waals surface area contributed by atoms with Gasteiger partial charge in [0.15, 0.2) is 5.03 Å². The first-order valence-electron chi connectivity index (χ1n) is 11.2. The second-order valence-corrected chi connectivity index (χ2v) is 10.9. The van der Waals surface area contributed by atoms with Crippen LogP contribution in [0, 0.1) is 5.92 Å². The zero-order valence-corrected chi connectivity index (χ0v) is 20.3. The van der Waals surface area contributed by atoms with Crippen molar-refractivity contribution in [3.63, 3.8) is 0 Å². The maximum absolute atomic E-state index is 13.1. The van der Waals surface area contributed by atoms with E-state index in [1.54, 1.807) is 30.5 Å². The summed E-state index contributed by atoms with van der Waals surface area (Å²) in [6.45, 7) is 10.9. The van der Waals surface area contributed by atoms with Crippen LogP contribution < -0.4 is 14.5 Å². The molecule has 2 atom stereocenters. The molecule has 0 saturated carbocycles. The molecule has 2 aromatic heterocycles. The molecule has 1 amide bonds. The molecule has 2 aliphatic rings. The summed E-state index contributed by atoms with van der Waals surface area (Å²) in [5.74, 6) is 0.716. The number of hydrogen-bond acceptors (Lipinski definition) is 8. The Balaban J connectivity index is 1.58. The van der Waals surface area contributed by atoms with Crippen LogP contribution in [0.25, 0.3) is 0 Å². The van der Waals surface area contributed by atoms with E-state index in [0.29, 0.717) is 37.3 Å². The van der Waals surface area contributed by atoms with Gasteiger partial charge in [-0.1, -0.05) is 13.0 Å². The molecule has 33 heavy (non-hydrogen) atoms. The molecule has 0 aliphatic carbocycles. The average molecular weight is 474 g/mol. The minimum Gasteiger partial charge on any atom is -0.375 e. The Kier molecular flexibility index (Phi) is 6.32. The number of carbonyl (C=O) groups is 1. The van der Waals surface area contributed by atoms with E-state index >= 15 is 0 Å². The maximum atomic E-state index is 13.1. The zero-order valence-electron chi connectivity index (χ0n) is 19.5. The SMILES string of the molecule is CC1CN(c2cccc(S(=O)(=O)NC(=O)c3cccnc3N3CCC(C)C3(C)C)n2)CCO1. The van der Waals surface area contributed by atoms with E-state index in [4.69, 9.17) is 4.74 Å². The number of nitrogens with one attached hydrogen (secondary N) is 1. The van der Waals surface area contributed by atoms with E-state index in [9.17, 15) is 13.2 Å². The minimum atomic E-state index is -4.18. The first kappa shape index (κ1) is 23.4. The van der Waals surface area contributed by atoms with Crippen LogP contribution in [0.5, 0.6) is 0 Å². The van der Waals surface area contributed by atoms with Crippen LogP contribution in [0.1, 0.15) is 44.5 Å². The van der Waals surface area contributed by atoms with Crippen molar-refractivity contribution in [1.29, 1.82) is 0 Å². The first-order chi connectivity index (χ1) is 15.6. The van der Waals surface area contributed by atoms with Crippen LogP contribution >= 0.6 is 0 Å². The van der Waals surface area contributed by atoms with E-state index in [1.807, 2.05) is 11.8 Å². The van der Waals surface area contributed by atoms with E-state index in [-0.39, 0.29) is 22.2 Å². The minimum absolute atomic E-state index is 0.0297. The van der Waals surface area contributed by atoms with Gasteiger partial charge in [-0.15, -0.1) is 0 Å². The van der Waals surface area contributed by atoms with Crippen LogP contribution in [0.4, 0.5) is 11.6 Å². The Morgan fingerprint density at radius 3 is 2.67 bits per heavy atom. The number of pyridine rings is 2. The quantitative estimate of drug-likeness (QED) is 0.706. The molecule has 2 aliphatic heterocycles. The van der Waals surface area contributed by atoms with Gasteiger partial charge in [-0.05, 0) is 57.4 Å². The largest absolute Gasteiger partial charge is 0.375 e. The Hall–Kier alpha value is -2.72. The summed E-state index contributed by atoms with van der Waals surface area (Å²) < 4.78 is 33.9.